The zero-order valence-electron chi connectivity index (χ0n) is 11.1. The van der Waals surface area contributed by atoms with Crippen molar-refractivity contribution in [1.29, 1.82) is 0 Å². The van der Waals surface area contributed by atoms with Crippen LogP contribution in [0.1, 0.15) is 26.2 Å². The van der Waals surface area contributed by atoms with Crippen LogP contribution in [0.2, 0.25) is 0 Å². The molecule has 2 rings (SSSR count). The molecule has 1 atom stereocenters. The number of nitrogens with zero attached hydrogens (tertiary/aromatic N) is 1. The molecule has 1 aliphatic rings. The number of carbonyl (C=O) groups excluding carboxylic acids is 1. The Kier molecular flexibility index (Phi) is 3.99. The second-order valence-electron chi connectivity index (χ2n) is 4.88. The Morgan fingerprint density at radius 2 is 2.30 bits per heavy atom. The Balaban J connectivity index is 2.21. The summed E-state index contributed by atoms with van der Waals surface area (Å²) in [7, 11) is 0. The molecule has 108 valence electrons. The van der Waals surface area contributed by atoms with Gasteiger partial charge >= 0.3 is 0 Å². The Morgan fingerprint density at radius 1 is 1.55 bits per heavy atom. The summed E-state index contributed by atoms with van der Waals surface area (Å²) in [5.41, 5.74) is -0.949. The summed E-state index contributed by atoms with van der Waals surface area (Å²) < 4.78 is 13.3. The molecule has 1 saturated heterocycles. The van der Waals surface area contributed by atoms with Crippen LogP contribution in [0.5, 0.6) is 0 Å². The van der Waals surface area contributed by atoms with Gasteiger partial charge in [-0.05, 0) is 31.9 Å². The lowest BCUT2D eigenvalue weighted by molar-refractivity contribution is -0.385. The molecule has 2 N–H and O–H groups in total. The van der Waals surface area contributed by atoms with Gasteiger partial charge in [-0.25, -0.2) is 4.39 Å². The first kappa shape index (κ1) is 14.4. The van der Waals surface area contributed by atoms with Gasteiger partial charge in [-0.3, -0.25) is 14.9 Å². The van der Waals surface area contributed by atoms with Gasteiger partial charge in [0.2, 0.25) is 5.91 Å². The summed E-state index contributed by atoms with van der Waals surface area (Å²) in [6, 6.07) is 3.04. The van der Waals surface area contributed by atoms with Gasteiger partial charge in [-0.1, -0.05) is 6.92 Å². The van der Waals surface area contributed by atoms with E-state index < -0.39 is 16.3 Å². The summed E-state index contributed by atoms with van der Waals surface area (Å²) in [5.74, 6) is -1.03. The molecule has 0 aliphatic carbocycles. The number of nitro benzene ring substituents is 1. The highest BCUT2D eigenvalue weighted by molar-refractivity contribution is 5.98. The molecule has 7 heteroatoms. The van der Waals surface area contributed by atoms with Crippen molar-refractivity contribution in [3.8, 4) is 0 Å². The number of nitrogens with one attached hydrogen (secondary N) is 2. The van der Waals surface area contributed by atoms with Gasteiger partial charge in [0.25, 0.3) is 5.69 Å². The summed E-state index contributed by atoms with van der Waals surface area (Å²) in [5, 5.41) is 16.4. The molecule has 20 heavy (non-hydrogen) atoms. The van der Waals surface area contributed by atoms with E-state index in [0.29, 0.717) is 12.8 Å². The molecule has 1 aromatic rings. The van der Waals surface area contributed by atoms with Crippen molar-refractivity contribution < 1.29 is 14.1 Å². The highest BCUT2D eigenvalue weighted by atomic mass is 19.1. The Labute approximate surface area is 115 Å². The van der Waals surface area contributed by atoms with Crippen LogP contribution in [0.4, 0.5) is 15.8 Å². The maximum atomic E-state index is 13.3. The average Bonchev–Trinajstić information content (AvgIpc) is 2.88. The third kappa shape index (κ3) is 2.77. The third-order valence-electron chi connectivity index (χ3n) is 3.63. The van der Waals surface area contributed by atoms with Crippen molar-refractivity contribution in [3.63, 3.8) is 0 Å². The second-order valence-corrected chi connectivity index (χ2v) is 4.88. The van der Waals surface area contributed by atoms with Crippen LogP contribution in [0.15, 0.2) is 18.2 Å². The Morgan fingerprint density at radius 3 is 2.85 bits per heavy atom. The van der Waals surface area contributed by atoms with Gasteiger partial charge < -0.3 is 10.6 Å². The first-order valence-corrected chi connectivity index (χ1v) is 6.48. The zero-order chi connectivity index (χ0) is 14.8. The van der Waals surface area contributed by atoms with Crippen molar-refractivity contribution in [3.05, 3.63) is 34.1 Å². The minimum Gasteiger partial charge on any atom is -0.324 e. The zero-order valence-corrected chi connectivity index (χ0v) is 11.1. The Bertz CT molecular complexity index is 542. The predicted octanol–water partition coefficient (Wildman–Crippen LogP) is 2.20. The van der Waals surface area contributed by atoms with Crippen LogP contribution in [0, 0.1) is 15.9 Å². The molecular formula is C13H16FN3O3. The van der Waals surface area contributed by atoms with Gasteiger partial charge in [-0.2, -0.15) is 0 Å². The lowest BCUT2D eigenvalue weighted by Gasteiger charge is -2.26. The topological polar surface area (TPSA) is 84.3 Å². The fourth-order valence-corrected chi connectivity index (χ4v) is 2.46. The van der Waals surface area contributed by atoms with Crippen LogP contribution in [0.25, 0.3) is 0 Å². The van der Waals surface area contributed by atoms with Gasteiger partial charge in [0.15, 0.2) is 0 Å². The van der Waals surface area contributed by atoms with E-state index in [1.807, 2.05) is 6.92 Å². The monoisotopic (exact) mass is 281 g/mol. The molecule has 1 fully saturated rings. The van der Waals surface area contributed by atoms with Crippen LogP contribution in [-0.4, -0.2) is 22.9 Å². The molecular weight excluding hydrogens is 265 g/mol. The maximum Gasteiger partial charge on any atom is 0.274 e. The SMILES string of the molecule is CCC1(C(=O)Nc2cc(F)cc([N+](=O)[O-])c2)CCCN1. The van der Waals surface area contributed by atoms with E-state index in [-0.39, 0.29) is 17.3 Å². The Hall–Kier alpha value is -2.02. The number of carbonyl (C=O) groups is 1. The molecule has 1 amide bonds. The van der Waals surface area contributed by atoms with Crippen LogP contribution in [-0.2, 0) is 4.79 Å². The smallest absolute Gasteiger partial charge is 0.274 e. The molecule has 6 nitrogen and oxygen atoms in total. The van der Waals surface area contributed by atoms with Crippen LogP contribution >= 0.6 is 0 Å². The van der Waals surface area contributed by atoms with Crippen molar-refractivity contribution >= 4 is 17.3 Å². The molecule has 1 aliphatic heterocycles. The summed E-state index contributed by atoms with van der Waals surface area (Å²) in [6.45, 7) is 2.65. The normalized spacial score (nSPS) is 21.7. The van der Waals surface area contributed by atoms with E-state index in [9.17, 15) is 19.3 Å². The number of halogens is 1. The molecule has 0 bridgehead atoms. The van der Waals surface area contributed by atoms with Crippen molar-refractivity contribution in [1.82, 2.24) is 5.32 Å². The van der Waals surface area contributed by atoms with Crippen molar-refractivity contribution in [2.24, 2.45) is 0 Å². The van der Waals surface area contributed by atoms with Crippen LogP contribution < -0.4 is 10.6 Å². The summed E-state index contributed by atoms with van der Waals surface area (Å²) >= 11 is 0. The molecule has 0 spiro atoms. The number of rotatable bonds is 4. The number of benzene rings is 1. The molecule has 0 aromatic heterocycles. The van der Waals surface area contributed by atoms with Crippen molar-refractivity contribution in [2.45, 2.75) is 31.7 Å². The molecule has 1 aromatic carbocycles. The number of nitro groups is 1. The van der Waals surface area contributed by atoms with Crippen LogP contribution in [0.3, 0.4) is 0 Å². The van der Waals surface area contributed by atoms with E-state index >= 15 is 0 Å². The number of amides is 1. The molecule has 0 saturated carbocycles. The first-order valence-electron chi connectivity index (χ1n) is 6.48. The largest absolute Gasteiger partial charge is 0.324 e. The lowest BCUT2D eigenvalue weighted by atomic mass is 9.93. The minimum atomic E-state index is -0.751. The third-order valence-corrected chi connectivity index (χ3v) is 3.63. The van der Waals surface area contributed by atoms with Gasteiger partial charge in [-0.15, -0.1) is 0 Å². The molecule has 0 radical (unpaired) electrons. The number of non-ortho nitro benzene ring substituents is 1. The fourth-order valence-electron chi connectivity index (χ4n) is 2.46. The lowest BCUT2D eigenvalue weighted by Crippen LogP contribution is -2.50. The summed E-state index contributed by atoms with van der Waals surface area (Å²) in [6.07, 6.45) is 2.20. The first-order chi connectivity index (χ1) is 9.47. The molecule has 1 heterocycles. The van der Waals surface area contributed by atoms with Gasteiger partial charge in [0.1, 0.15) is 5.82 Å². The number of hydrogen-bond donors (Lipinski definition) is 2. The minimum absolute atomic E-state index is 0.100. The predicted molar refractivity (Wildman–Crippen MR) is 71.9 cm³/mol. The van der Waals surface area contributed by atoms with Gasteiger partial charge in [0.05, 0.1) is 22.2 Å². The summed E-state index contributed by atoms with van der Waals surface area (Å²) in [4.78, 5) is 22.3. The van der Waals surface area contributed by atoms with E-state index in [2.05, 4.69) is 10.6 Å². The van der Waals surface area contributed by atoms with E-state index in [4.69, 9.17) is 0 Å². The molecule has 1 unspecified atom stereocenters. The fraction of sp³-hybridized carbons (Fsp3) is 0.462. The number of anilines is 1. The van der Waals surface area contributed by atoms with E-state index in [1.165, 1.54) is 0 Å². The van der Waals surface area contributed by atoms with E-state index in [0.717, 1.165) is 31.2 Å². The standard InChI is InChI=1S/C13H16FN3O3/c1-2-13(4-3-5-15-13)12(18)16-10-6-9(14)7-11(8-10)17(19)20/h6-8,15H,2-5H2,1H3,(H,16,18). The highest BCUT2D eigenvalue weighted by Gasteiger charge is 2.39. The number of hydrogen-bond acceptors (Lipinski definition) is 4. The van der Waals surface area contributed by atoms with Crippen molar-refractivity contribution in [2.75, 3.05) is 11.9 Å². The quantitative estimate of drug-likeness (QED) is 0.654. The highest BCUT2D eigenvalue weighted by Crippen LogP contribution is 2.26. The van der Waals surface area contributed by atoms with E-state index in [1.54, 1.807) is 0 Å². The van der Waals surface area contributed by atoms with Gasteiger partial charge in [0, 0.05) is 6.07 Å². The second kappa shape index (κ2) is 5.54. The maximum absolute atomic E-state index is 13.3. The average molecular weight is 281 g/mol.